The second-order valence-corrected chi connectivity index (χ2v) is 11.2. The van der Waals surface area contributed by atoms with E-state index in [-0.39, 0.29) is 5.56 Å². The molecular weight excluding hydrogens is 680 g/mol. The van der Waals surface area contributed by atoms with Gasteiger partial charge in [-0.2, -0.15) is 0 Å². The molecule has 270 valence electrons. The van der Waals surface area contributed by atoms with E-state index in [1.807, 2.05) is 0 Å². The monoisotopic (exact) mass is 716 g/mol. The third-order valence-electron chi connectivity index (χ3n) is 6.82. The van der Waals surface area contributed by atoms with Crippen molar-refractivity contribution in [1.29, 1.82) is 0 Å². The quantitative estimate of drug-likeness (QED) is 0.168. The minimum Gasteiger partial charge on any atom is -0.463 e. The van der Waals surface area contributed by atoms with Gasteiger partial charge in [0.2, 0.25) is 0 Å². The molecule has 2 aliphatic rings. The second-order valence-electron chi connectivity index (χ2n) is 10.8. The highest BCUT2D eigenvalue weighted by atomic mass is 35.5. The number of carbonyl (C=O) groups is 7. The normalized spacial score (nSPS) is 29.4. The summed E-state index contributed by atoms with van der Waals surface area (Å²) >= 11 is 6.58. The van der Waals surface area contributed by atoms with E-state index in [4.69, 9.17) is 59.0 Å². The van der Waals surface area contributed by atoms with Crippen LogP contribution in [0.5, 0.6) is 0 Å². The van der Waals surface area contributed by atoms with Crippen molar-refractivity contribution < 1.29 is 80.9 Å². The van der Waals surface area contributed by atoms with Gasteiger partial charge in [-0.3, -0.25) is 28.8 Å². The first-order chi connectivity index (χ1) is 23.1. The van der Waals surface area contributed by atoms with Crippen molar-refractivity contribution >= 4 is 53.4 Å². The maximum atomic E-state index is 13.2. The standard InChI is InChI=1S/C31H37ClO17/c1-14(33)40-12-21-23(42-16(3)35)25(27(29(32)46-21)48-30(39)20-10-8-7-9-11-20)49-31-28(45-19(6)38)26(44-18(5)37)24(43-17(4)36)22(47-31)13-41-15(2)34/h7-11,21-29,31H,12-13H2,1-6H3/t21-,22-,23+,24+,25+,26+,27-,28-,29-,31+/m1/s1. The van der Waals surface area contributed by atoms with Crippen LogP contribution in [-0.2, 0) is 76.1 Å². The zero-order valence-corrected chi connectivity index (χ0v) is 28.1. The van der Waals surface area contributed by atoms with Crippen LogP contribution in [0.15, 0.2) is 30.3 Å². The lowest BCUT2D eigenvalue weighted by atomic mass is 9.96. The SMILES string of the molecule is CC(=O)OC[C@H]1O[C@@H](Cl)[C@H](OC(=O)c2ccccc2)[C@@H](O[C@@H]2O[C@H](COC(C)=O)[C@H](OC(C)=O)[C@H](OC(C)=O)[C@H]2OC(C)=O)[C@H]1OC(C)=O. The zero-order chi connectivity index (χ0) is 36.4. The number of hydrogen-bond donors (Lipinski definition) is 0. The molecule has 0 amide bonds. The third-order valence-corrected chi connectivity index (χ3v) is 7.17. The summed E-state index contributed by atoms with van der Waals surface area (Å²) in [6, 6.07) is 7.73. The number of halogens is 1. The van der Waals surface area contributed by atoms with Gasteiger partial charge in [0.05, 0.1) is 5.56 Å². The van der Waals surface area contributed by atoms with E-state index in [1.54, 1.807) is 18.2 Å². The van der Waals surface area contributed by atoms with E-state index >= 15 is 0 Å². The average molecular weight is 717 g/mol. The summed E-state index contributed by atoms with van der Waals surface area (Å²) in [6.45, 7) is 5.32. The van der Waals surface area contributed by atoms with Gasteiger partial charge < -0.3 is 47.4 Å². The molecule has 18 heteroatoms. The molecular formula is C31H37ClO17. The van der Waals surface area contributed by atoms with Crippen LogP contribution in [0.2, 0.25) is 0 Å². The molecule has 0 aliphatic carbocycles. The van der Waals surface area contributed by atoms with E-state index < -0.39 is 116 Å². The number of ether oxygens (including phenoxy) is 10. The molecule has 0 bridgehead atoms. The maximum absolute atomic E-state index is 13.2. The highest BCUT2D eigenvalue weighted by Crippen LogP contribution is 2.36. The van der Waals surface area contributed by atoms with E-state index in [0.29, 0.717) is 0 Å². The molecule has 0 unspecified atom stereocenters. The molecule has 1 aromatic rings. The molecule has 2 aliphatic heterocycles. The summed E-state index contributed by atoms with van der Waals surface area (Å²) < 4.78 is 55.8. The molecule has 0 saturated carbocycles. The van der Waals surface area contributed by atoms with Crippen LogP contribution in [0.4, 0.5) is 0 Å². The molecule has 49 heavy (non-hydrogen) atoms. The Hall–Kier alpha value is -4.32. The van der Waals surface area contributed by atoms with Crippen molar-refractivity contribution in [2.75, 3.05) is 13.2 Å². The van der Waals surface area contributed by atoms with Crippen molar-refractivity contribution in [3.63, 3.8) is 0 Å². The summed E-state index contributed by atoms with van der Waals surface area (Å²) in [5.74, 6) is -5.90. The molecule has 17 nitrogen and oxygen atoms in total. The number of benzene rings is 1. The summed E-state index contributed by atoms with van der Waals surface area (Å²) in [6.07, 6.45) is -14.1. The first-order valence-electron chi connectivity index (χ1n) is 14.9. The number of alkyl halides is 1. The van der Waals surface area contributed by atoms with E-state index in [2.05, 4.69) is 0 Å². The van der Waals surface area contributed by atoms with Crippen molar-refractivity contribution in [3.05, 3.63) is 35.9 Å². The van der Waals surface area contributed by atoms with Crippen LogP contribution in [0.1, 0.15) is 51.9 Å². The Morgan fingerprint density at radius 2 is 1.00 bits per heavy atom. The van der Waals surface area contributed by atoms with E-state index in [9.17, 15) is 33.6 Å². The first-order valence-corrected chi connectivity index (χ1v) is 15.3. The largest absolute Gasteiger partial charge is 0.463 e. The van der Waals surface area contributed by atoms with Gasteiger partial charge in [-0.25, -0.2) is 4.79 Å². The molecule has 3 rings (SSSR count). The fourth-order valence-corrected chi connectivity index (χ4v) is 5.36. The Morgan fingerprint density at radius 1 is 0.551 bits per heavy atom. The molecule has 0 spiro atoms. The zero-order valence-electron chi connectivity index (χ0n) is 27.4. The molecule has 0 radical (unpaired) electrons. The molecule has 2 heterocycles. The van der Waals surface area contributed by atoms with Gasteiger partial charge in [-0.1, -0.05) is 29.8 Å². The molecule has 2 fully saturated rings. The van der Waals surface area contributed by atoms with Crippen molar-refractivity contribution in [2.45, 2.75) is 102 Å². The number of esters is 7. The Kier molecular flexibility index (Phi) is 14.3. The minimum absolute atomic E-state index is 0.100. The van der Waals surface area contributed by atoms with E-state index in [0.717, 1.165) is 41.5 Å². The van der Waals surface area contributed by atoms with Crippen molar-refractivity contribution in [1.82, 2.24) is 0 Å². The predicted octanol–water partition coefficient (Wildman–Crippen LogP) is 1.14. The third kappa shape index (κ3) is 11.4. The first kappa shape index (κ1) is 39.1. The van der Waals surface area contributed by atoms with Crippen LogP contribution >= 0.6 is 11.6 Å². The lowest BCUT2D eigenvalue weighted by Crippen LogP contribution is -2.66. The minimum atomic E-state index is -1.81. The van der Waals surface area contributed by atoms with Gasteiger partial charge >= 0.3 is 41.8 Å². The summed E-state index contributed by atoms with van der Waals surface area (Å²) in [5.41, 5.74) is -1.43. The van der Waals surface area contributed by atoms with Crippen LogP contribution in [0.25, 0.3) is 0 Å². The average Bonchev–Trinajstić information content (AvgIpc) is 3.00. The van der Waals surface area contributed by atoms with Crippen LogP contribution < -0.4 is 0 Å². The second kappa shape index (κ2) is 17.9. The van der Waals surface area contributed by atoms with Gasteiger partial charge in [0.15, 0.2) is 42.4 Å². The van der Waals surface area contributed by atoms with E-state index in [1.165, 1.54) is 12.1 Å². The lowest BCUT2D eigenvalue weighted by Gasteiger charge is -2.48. The molecule has 10 atom stereocenters. The topological polar surface area (TPSA) is 212 Å². The number of rotatable bonds is 12. The van der Waals surface area contributed by atoms with Crippen LogP contribution in [0.3, 0.4) is 0 Å². The Balaban J connectivity index is 2.15. The van der Waals surface area contributed by atoms with Crippen molar-refractivity contribution in [3.8, 4) is 0 Å². The maximum Gasteiger partial charge on any atom is 0.338 e. The molecule has 0 aromatic heterocycles. The number of hydrogen-bond acceptors (Lipinski definition) is 17. The van der Waals surface area contributed by atoms with Gasteiger partial charge in [0.1, 0.15) is 31.5 Å². The fourth-order valence-electron chi connectivity index (χ4n) is 5.03. The van der Waals surface area contributed by atoms with Gasteiger partial charge in [-0.05, 0) is 12.1 Å². The molecule has 2 saturated heterocycles. The predicted molar refractivity (Wildman–Crippen MR) is 159 cm³/mol. The smallest absolute Gasteiger partial charge is 0.338 e. The van der Waals surface area contributed by atoms with Gasteiger partial charge in [-0.15, -0.1) is 0 Å². The highest BCUT2D eigenvalue weighted by molar-refractivity contribution is 6.20. The lowest BCUT2D eigenvalue weighted by molar-refractivity contribution is -0.340. The van der Waals surface area contributed by atoms with Crippen molar-refractivity contribution in [2.24, 2.45) is 0 Å². The van der Waals surface area contributed by atoms with Gasteiger partial charge in [0, 0.05) is 41.5 Å². The highest BCUT2D eigenvalue weighted by Gasteiger charge is 2.57. The summed E-state index contributed by atoms with van der Waals surface area (Å²) in [4.78, 5) is 85.8. The fraction of sp³-hybridized carbons (Fsp3) is 0.581. The summed E-state index contributed by atoms with van der Waals surface area (Å²) in [7, 11) is 0. The molecule has 1 aromatic carbocycles. The van der Waals surface area contributed by atoms with Crippen LogP contribution in [-0.4, -0.2) is 116 Å². The molecule has 0 N–H and O–H groups in total. The Labute approximate surface area is 285 Å². The van der Waals surface area contributed by atoms with Crippen LogP contribution in [0, 0.1) is 0 Å². The number of carbonyl (C=O) groups excluding carboxylic acids is 7. The Morgan fingerprint density at radius 3 is 1.49 bits per heavy atom. The van der Waals surface area contributed by atoms with Gasteiger partial charge in [0.25, 0.3) is 0 Å². The summed E-state index contributed by atoms with van der Waals surface area (Å²) in [5, 5.41) is 0. The Bertz CT molecular complexity index is 1370.